The van der Waals surface area contributed by atoms with E-state index in [4.69, 9.17) is 12.6 Å². The summed E-state index contributed by atoms with van der Waals surface area (Å²) in [5.41, 5.74) is 1.71. The molecule has 0 fully saturated rings. The smallest absolute Gasteiger partial charge is 0.407 e. The number of ether oxygens (including phenoxy) is 1. The van der Waals surface area contributed by atoms with E-state index in [-0.39, 0.29) is 0 Å². The standard InChI is InChI=1S/C10H12BNO2/c1-2-14-10(13)12-7-8-3-5-9(11)6-4-8/h3-6H,2,7H2,1H3,(H,12,13). The van der Waals surface area contributed by atoms with Gasteiger partial charge in [0.25, 0.3) is 0 Å². The molecule has 0 aliphatic rings. The first kappa shape index (κ1) is 10.6. The van der Waals surface area contributed by atoms with Gasteiger partial charge in [0.05, 0.1) is 6.61 Å². The van der Waals surface area contributed by atoms with Crippen molar-refractivity contribution in [2.75, 3.05) is 6.61 Å². The van der Waals surface area contributed by atoms with E-state index in [1.165, 1.54) is 0 Å². The minimum Gasteiger partial charge on any atom is -0.450 e. The Morgan fingerprint density at radius 1 is 1.43 bits per heavy atom. The van der Waals surface area contributed by atoms with Crippen molar-refractivity contribution in [3.8, 4) is 0 Å². The third kappa shape index (κ3) is 3.52. The fourth-order valence-electron chi connectivity index (χ4n) is 0.992. The number of rotatable bonds is 3. The maximum absolute atomic E-state index is 10.9. The highest BCUT2D eigenvalue weighted by Crippen LogP contribution is 1.95. The molecule has 4 heteroatoms. The van der Waals surface area contributed by atoms with Gasteiger partial charge in [0.15, 0.2) is 0 Å². The van der Waals surface area contributed by atoms with Crippen LogP contribution in [0.25, 0.3) is 0 Å². The van der Waals surface area contributed by atoms with E-state index in [2.05, 4.69) is 5.32 Å². The van der Waals surface area contributed by atoms with Gasteiger partial charge < -0.3 is 10.1 Å². The van der Waals surface area contributed by atoms with E-state index in [1.807, 2.05) is 12.1 Å². The van der Waals surface area contributed by atoms with E-state index < -0.39 is 6.09 Å². The van der Waals surface area contributed by atoms with Gasteiger partial charge in [-0.15, -0.1) is 0 Å². The lowest BCUT2D eigenvalue weighted by Gasteiger charge is -2.05. The molecule has 0 aliphatic heterocycles. The summed E-state index contributed by atoms with van der Waals surface area (Å²) in [7, 11) is 5.52. The van der Waals surface area contributed by atoms with Crippen molar-refractivity contribution in [1.29, 1.82) is 0 Å². The van der Waals surface area contributed by atoms with Crippen LogP contribution >= 0.6 is 0 Å². The Kier molecular flexibility index (Phi) is 4.04. The fourth-order valence-corrected chi connectivity index (χ4v) is 0.992. The fraction of sp³-hybridized carbons (Fsp3) is 0.300. The van der Waals surface area contributed by atoms with Gasteiger partial charge in [0, 0.05) is 6.54 Å². The molecule has 0 bridgehead atoms. The highest BCUT2D eigenvalue weighted by atomic mass is 16.5. The largest absolute Gasteiger partial charge is 0.450 e. The number of hydrogen-bond acceptors (Lipinski definition) is 2. The Morgan fingerprint density at radius 3 is 2.64 bits per heavy atom. The van der Waals surface area contributed by atoms with Gasteiger partial charge in [-0.2, -0.15) is 0 Å². The molecule has 0 heterocycles. The molecule has 0 unspecified atom stereocenters. The maximum Gasteiger partial charge on any atom is 0.407 e. The quantitative estimate of drug-likeness (QED) is 0.711. The minimum absolute atomic E-state index is 0.383. The Morgan fingerprint density at radius 2 is 2.07 bits per heavy atom. The van der Waals surface area contributed by atoms with Crippen LogP contribution in [0.5, 0.6) is 0 Å². The second-order valence-electron chi connectivity index (χ2n) is 2.82. The summed E-state index contributed by atoms with van der Waals surface area (Å²) >= 11 is 0. The molecular weight excluding hydrogens is 177 g/mol. The predicted molar refractivity (Wildman–Crippen MR) is 55.7 cm³/mol. The average molecular weight is 189 g/mol. The molecule has 0 aromatic heterocycles. The van der Waals surface area contributed by atoms with Crippen molar-refractivity contribution < 1.29 is 9.53 Å². The van der Waals surface area contributed by atoms with Crippen LogP contribution < -0.4 is 10.8 Å². The van der Waals surface area contributed by atoms with Crippen molar-refractivity contribution in [3.05, 3.63) is 29.8 Å². The highest BCUT2D eigenvalue weighted by molar-refractivity contribution is 6.32. The Labute approximate surface area is 84.9 Å². The number of alkyl carbamates (subject to hydrolysis) is 1. The van der Waals surface area contributed by atoms with Crippen LogP contribution in [0.3, 0.4) is 0 Å². The molecule has 0 atom stereocenters. The predicted octanol–water partition coefficient (Wildman–Crippen LogP) is 0.727. The molecule has 2 radical (unpaired) electrons. The van der Waals surface area contributed by atoms with Crippen LogP contribution in [0.15, 0.2) is 24.3 Å². The lowest BCUT2D eigenvalue weighted by molar-refractivity contribution is 0.151. The van der Waals surface area contributed by atoms with Gasteiger partial charge >= 0.3 is 6.09 Å². The van der Waals surface area contributed by atoms with Gasteiger partial charge in [0.2, 0.25) is 0 Å². The highest BCUT2D eigenvalue weighted by Gasteiger charge is 1.99. The van der Waals surface area contributed by atoms with Crippen LogP contribution in [0.2, 0.25) is 0 Å². The molecule has 14 heavy (non-hydrogen) atoms. The van der Waals surface area contributed by atoms with E-state index in [0.29, 0.717) is 18.6 Å². The van der Waals surface area contributed by atoms with Crippen LogP contribution in [-0.2, 0) is 11.3 Å². The number of amides is 1. The molecule has 1 rings (SSSR count). The number of nitrogens with one attached hydrogen (secondary N) is 1. The molecule has 1 N–H and O–H groups in total. The minimum atomic E-state index is -0.399. The van der Waals surface area contributed by atoms with E-state index >= 15 is 0 Å². The zero-order chi connectivity index (χ0) is 10.4. The third-order valence-corrected chi connectivity index (χ3v) is 1.69. The lowest BCUT2D eigenvalue weighted by atomic mass is 9.95. The van der Waals surface area contributed by atoms with Gasteiger partial charge in [-0.25, -0.2) is 4.79 Å². The monoisotopic (exact) mass is 189 g/mol. The SMILES string of the molecule is [B]c1ccc(CNC(=O)OCC)cc1. The molecule has 1 aromatic rings. The summed E-state index contributed by atoms with van der Waals surface area (Å²) in [5.74, 6) is 0. The van der Waals surface area contributed by atoms with Crippen molar-refractivity contribution in [1.82, 2.24) is 5.32 Å². The summed E-state index contributed by atoms with van der Waals surface area (Å²) < 4.78 is 4.71. The topological polar surface area (TPSA) is 38.3 Å². The van der Waals surface area contributed by atoms with E-state index in [1.54, 1.807) is 19.1 Å². The normalized spacial score (nSPS) is 9.50. The molecule has 72 valence electrons. The zero-order valence-corrected chi connectivity index (χ0v) is 8.12. The van der Waals surface area contributed by atoms with Crippen molar-refractivity contribution in [2.45, 2.75) is 13.5 Å². The van der Waals surface area contributed by atoms with Crippen molar-refractivity contribution >= 4 is 19.4 Å². The third-order valence-electron chi connectivity index (χ3n) is 1.69. The van der Waals surface area contributed by atoms with Gasteiger partial charge in [0.1, 0.15) is 7.85 Å². The Bertz CT molecular complexity index is 297. The van der Waals surface area contributed by atoms with Crippen molar-refractivity contribution in [2.24, 2.45) is 0 Å². The molecule has 3 nitrogen and oxygen atoms in total. The molecule has 1 amide bonds. The second-order valence-corrected chi connectivity index (χ2v) is 2.82. The van der Waals surface area contributed by atoms with Gasteiger partial charge in [-0.05, 0) is 12.5 Å². The van der Waals surface area contributed by atoms with Gasteiger partial charge in [-0.1, -0.05) is 29.7 Å². The van der Waals surface area contributed by atoms with Crippen LogP contribution in [0.1, 0.15) is 12.5 Å². The number of benzene rings is 1. The lowest BCUT2D eigenvalue weighted by Crippen LogP contribution is -2.23. The zero-order valence-electron chi connectivity index (χ0n) is 8.12. The number of carbonyl (C=O) groups excluding carboxylic acids is 1. The van der Waals surface area contributed by atoms with E-state index in [0.717, 1.165) is 5.56 Å². The maximum atomic E-state index is 10.9. The number of hydrogen-bond donors (Lipinski definition) is 1. The molecule has 0 saturated heterocycles. The average Bonchev–Trinajstić information content (AvgIpc) is 2.17. The summed E-state index contributed by atoms with van der Waals surface area (Å²) in [6.07, 6.45) is -0.399. The molecule has 1 aromatic carbocycles. The summed E-state index contributed by atoms with van der Waals surface area (Å²) in [6.45, 7) is 2.61. The summed E-state index contributed by atoms with van der Waals surface area (Å²) in [4.78, 5) is 10.9. The van der Waals surface area contributed by atoms with Crippen LogP contribution in [0.4, 0.5) is 4.79 Å². The first-order valence-corrected chi connectivity index (χ1v) is 4.47. The van der Waals surface area contributed by atoms with Gasteiger partial charge in [-0.3, -0.25) is 0 Å². The Hall–Kier alpha value is -1.45. The molecule has 0 saturated carbocycles. The molecular formula is C10H12BNO2. The molecule has 0 spiro atoms. The van der Waals surface area contributed by atoms with Crippen LogP contribution in [0, 0.1) is 0 Å². The summed E-state index contributed by atoms with van der Waals surface area (Å²) in [6, 6.07) is 7.31. The van der Waals surface area contributed by atoms with Crippen LogP contribution in [-0.4, -0.2) is 20.5 Å². The Balaban J connectivity index is 2.38. The second kappa shape index (κ2) is 5.32. The first-order chi connectivity index (χ1) is 6.72. The summed E-state index contributed by atoms with van der Waals surface area (Å²) in [5, 5.41) is 2.62. The molecule has 0 aliphatic carbocycles. The first-order valence-electron chi connectivity index (χ1n) is 4.47. The van der Waals surface area contributed by atoms with Crippen molar-refractivity contribution in [3.63, 3.8) is 0 Å². The number of carbonyl (C=O) groups is 1. The van der Waals surface area contributed by atoms with E-state index in [9.17, 15) is 4.79 Å².